The molecule has 1 aliphatic rings. The van der Waals surface area contributed by atoms with Gasteiger partial charge in [-0.1, -0.05) is 6.92 Å². The molecule has 17 heavy (non-hydrogen) atoms. The van der Waals surface area contributed by atoms with Crippen molar-refractivity contribution in [2.24, 2.45) is 5.92 Å². The van der Waals surface area contributed by atoms with Crippen LogP contribution in [-0.2, 0) is 6.42 Å². The molecule has 2 atom stereocenters. The van der Waals surface area contributed by atoms with Crippen molar-refractivity contribution in [1.29, 1.82) is 0 Å². The van der Waals surface area contributed by atoms with Gasteiger partial charge >= 0.3 is 0 Å². The average Bonchev–Trinajstić information content (AvgIpc) is 2.94. The molecular formula is C13H19NO3. The molecule has 0 aromatic carbocycles. The van der Waals surface area contributed by atoms with Crippen LogP contribution in [0.4, 0.5) is 0 Å². The van der Waals surface area contributed by atoms with Crippen LogP contribution in [0, 0.1) is 5.92 Å². The zero-order chi connectivity index (χ0) is 12.3. The van der Waals surface area contributed by atoms with Gasteiger partial charge in [0.1, 0.15) is 5.76 Å². The van der Waals surface area contributed by atoms with Gasteiger partial charge in [-0.05, 0) is 31.2 Å². The van der Waals surface area contributed by atoms with Crippen molar-refractivity contribution in [2.75, 3.05) is 6.54 Å². The lowest BCUT2D eigenvalue weighted by Crippen LogP contribution is -2.29. The van der Waals surface area contributed by atoms with Gasteiger partial charge in [0.25, 0.3) is 5.91 Å². The fraction of sp³-hybridized carbons (Fsp3) is 0.615. The lowest BCUT2D eigenvalue weighted by Gasteiger charge is -2.10. The molecule has 1 aromatic rings. The highest BCUT2D eigenvalue weighted by atomic mass is 16.3. The van der Waals surface area contributed by atoms with Gasteiger partial charge in [-0.2, -0.15) is 0 Å². The lowest BCUT2D eigenvalue weighted by molar-refractivity contribution is 0.0943. The Morgan fingerprint density at radius 2 is 2.41 bits per heavy atom. The molecule has 1 saturated carbocycles. The summed E-state index contributed by atoms with van der Waals surface area (Å²) in [7, 11) is 0. The minimum absolute atomic E-state index is 0.0722. The Kier molecular flexibility index (Phi) is 3.84. The molecule has 1 aromatic heterocycles. The van der Waals surface area contributed by atoms with Crippen LogP contribution in [0.2, 0.25) is 0 Å². The molecule has 1 aliphatic carbocycles. The third kappa shape index (κ3) is 2.88. The summed E-state index contributed by atoms with van der Waals surface area (Å²) in [6, 6.07) is 1.71. The molecule has 2 rings (SSSR count). The Balaban J connectivity index is 1.85. The number of furan rings is 1. The summed E-state index contributed by atoms with van der Waals surface area (Å²) >= 11 is 0. The van der Waals surface area contributed by atoms with E-state index in [9.17, 15) is 9.90 Å². The molecule has 2 unspecified atom stereocenters. The number of nitrogens with one attached hydrogen (secondary N) is 1. The van der Waals surface area contributed by atoms with Crippen LogP contribution in [0.1, 0.15) is 42.3 Å². The molecule has 4 heteroatoms. The molecule has 1 amide bonds. The first-order valence-electron chi connectivity index (χ1n) is 6.23. The third-order valence-electron chi connectivity index (χ3n) is 3.38. The first kappa shape index (κ1) is 12.2. The maximum atomic E-state index is 11.9. The van der Waals surface area contributed by atoms with E-state index in [-0.39, 0.29) is 12.0 Å². The van der Waals surface area contributed by atoms with Crippen molar-refractivity contribution in [3.63, 3.8) is 0 Å². The standard InChI is InChI=1S/C13H19NO3/c1-2-12-11(5-6-17-12)13(16)14-8-9-3-4-10(15)7-9/h5-6,9-10,15H,2-4,7-8H2,1H3,(H,14,16). The number of hydrogen-bond donors (Lipinski definition) is 2. The van der Waals surface area contributed by atoms with E-state index >= 15 is 0 Å². The summed E-state index contributed by atoms with van der Waals surface area (Å²) < 4.78 is 5.22. The van der Waals surface area contributed by atoms with Crippen LogP contribution in [0.5, 0.6) is 0 Å². The SMILES string of the molecule is CCc1occc1C(=O)NCC1CCC(O)C1. The minimum Gasteiger partial charge on any atom is -0.469 e. The van der Waals surface area contributed by atoms with Crippen molar-refractivity contribution < 1.29 is 14.3 Å². The zero-order valence-electron chi connectivity index (χ0n) is 10.1. The van der Waals surface area contributed by atoms with Crippen molar-refractivity contribution >= 4 is 5.91 Å². The normalized spacial score (nSPS) is 23.9. The van der Waals surface area contributed by atoms with E-state index in [0.717, 1.165) is 31.4 Å². The van der Waals surface area contributed by atoms with E-state index in [1.54, 1.807) is 12.3 Å². The summed E-state index contributed by atoms with van der Waals surface area (Å²) in [4.78, 5) is 11.9. The van der Waals surface area contributed by atoms with Crippen molar-refractivity contribution in [2.45, 2.75) is 38.7 Å². The van der Waals surface area contributed by atoms with Gasteiger partial charge in [-0.25, -0.2) is 0 Å². The van der Waals surface area contributed by atoms with Crippen LogP contribution in [-0.4, -0.2) is 23.7 Å². The van der Waals surface area contributed by atoms with Gasteiger partial charge in [0, 0.05) is 13.0 Å². The van der Waals surface area contributed by atoms with Gasteiger partial charge in [0.2, 0.25) is 0 Å². The fourth-order valence-corrected chi connectivity index (χ4v) is 2.38. The second-order valence-electron chi connectivity index (χ2n) is 4.65. The highest BCUT2D eigenvalue weighted by molar-refractivity contribution is 5.95. The Bertz CT molecular complexity index is 386. The predicted molar refractivity (Wildman–Crippen MR) is 63.8 cm³/mol. The van der Waals surface area contributed by atoms with Gasteiger partial charge in [-0.3, -0.25) is 4.79 Å². The van der Waals surface area contributed by atoms with E-state index < -0.39 is 0 Å². The largest absolute Gasteiger partial charge is 0.469 e. The monoisotopic (exact) mass is 237 g/mol. The fourth-order valence-electron chi connectivity index (χ4n) is 2.38. The molecule has 4 nitrogen and oxygen atoms in total. The number of carbonyl (C=O) groups excluding carboxylic acids is 1. The number of amides is 1. The van der Waals surface area contributed by atoms with Gasteiger partial charge in [0.15, 0.2) is 0 Å². The number of aryl methyl sites for hydroxylation is 1. The summed E-state index contributed by atoms with van der Waals surface area (Å²) in [5.74, 6) is 1.07. The molecule has 2 N–H and O–H groups in total. The van der Waals surface area contributed by atoms with E-state index in [2.05, 4.69) is 5.32 Å². The third-order valence-corrected chi connectivity index (χ3v) is 3.38. The lowest BCUT2D eigenvalue weighted by atomic mass is 10.1. The molecule has 0 radical (unpaired) electrons. The highest BCUT2D eigenvalue weighted by Crippen LogP contribution is 2.24. The molecule has 94 valence electrons. The summed E-state index contributed by atoms with van der Waals surface area (Å²) in [5.41, 5.74) is 0.631. The Morgan fingerprint density at radius 1 is 1.59 bits per heavy atom. The van der Waals surface area contributed by atoms with Gasteiger partial charge in [-0.15, -0.1) is 0 Å². The van der Waals surface area contributed by atoms with E-state index in [1.165, 1.54) is 0 Å². The number of aliphatic hydroxyl groups excluding tert-OH is 1. The van der Waals surface area contributed by atoms with Crippen LogP contribution < -0.4 is 5.32 Å². The summed E-state index contributed by atoms with van der Waals surface area (Å²) in [6.45, 7) is 2.60. The minimum atomic E-state index is -0.183. The maximum Gasteiger partial charge on any atom is 0.254 e. The Hall–Kier alpha value is -1.29. The predicted octanol–water partition coefficient (Wildman–Crippen LogP) is 1.73. The quantitative estimate of drug-likeness (QED) is 0.838. The van der Waals surface area contributed by atoms with Crippen LogP contribution in [0.25, 0.3) is 0 Å². The van der Waals surface area contributed by atoms with Crippen LogP contribution in [0.3, 0.4) is 0 Å². The first-order valence-corrected chi connectivity index (χ1v) is 6.23. The summed E-state index contributed by atoms with van der Waals surface area (Å²) in [5, 5.41) is 12.3. The molecule has 0 saturated heterocycles. The topological polar surface area (TPSA) is 62.5 Å². The second-order valence-corrected chi connectivity index (χ2v) is 4.65. The first-order chi connectivity index (χ1) is 8.20. The average molecular weight is 237 g/mol. The molecule has 0 bridgehead atoms. The molecule has 0 spiro atoms. The number of rotatable bonds is 4. The van der Waals surface area contributed by atoms with Crippen LogP contribution >= 0.6 is 0 Å². The summed E-state index contributed by atoms with van der Waals surface area (Å²) in [6.07, 6.45) is 4.73. The maximum absolute atomic E-state index is 11.9. The van der Waals surface area contributed by atoms with Crippen molar-refractivity contribution in [1.82, 2.24) is 5.32 Å². The van der Waals surface area contributed by atoms with Crippen LogP contribution in [0.15, 0.2) is 16.7 Å². The Morgan fingerprint density at radius 3 is 3.06 bits per heavy atom. The number of hydrogen-bond acceptors (Lipinski definition) is 3. The smallest absolute Gasteiger partial charge is 0.254 e. The highest BCUT2D eigenvalue weighted by Gasteiger charge is 2.23. The van der Waals surface area contributed by atoms with E-state index in [4.69, 9.17) is 4.42 Å². The van der Waals surface area contributed by atoms with E-state index in [1.807, 2.05) is 6.92 Å². The second kappa shape index (κ2) is 5.36. The molecule has 0 aliphatic heterocycles. The molecular weight excluding hydrogens is 218 g/mol. The zero-order valence-corrected chi connectivity index (χ0v) is 10.1. The van der Waals surface area contributed by atoms with Gasteiger partial charge in [0.05, 0.1) is 17.9 Å². The molecule has 1 fully saturated rings. The number of carbonyl (C=O) groups is 1. The Labute approximate surface area is 101 Å². The van der Waals surface area contributed by atoms with Crippen molar-refractivity contribution in [3.05, 3.63) is 23.7 Å². The van der Waals surface area contributed by atoms with Gasteiger partial charge < -0.3 is 14.8 Å². The number of aliphatic hydroxyl groups is 1. The van der Waals surface area contributed by atoms with E-state index in [0.29, 0.717) is 18.0 Å². The molecule has 1 heterocycles. The van der Waals surface area contributed by atoms with Crippen molar-refractivity contribution in [3.8, 4) is 0 Å².